The summed E-state index contributed by atoms with van der Waals surface area (Å²) in [6.07, 6.45) is 2.47. The van der Waals surface area contributed by atoms with Crippen LogP contribution in [0.3, 0.4) is 0 Å². The second-order valence-electron chi connectivity index (χ2n) is 4.57. The normalized spacial score (nSPS) is 12.6. The van der Waals surface area contributed by atoms with E-state index in [-0.39, 0.29) is 0 Å². The molecule has 1 heterocycles. The molecule has 0 bridgehead atoms. The molecule has 0 fully saturated rings. The van der Waals surface area contributed by atoms with Crippen molar-refractivity contribution in [2.24, 2.45) is 0 Å². The topological polar surface area (TPSA) is 50.9 Å². The number of nitrogens with zero attached hydrogens (tertiary/aromatic N) is 3. The zero-order valence-electron chi connectivity index (χ0n) is 11.2. The van der Waals surface area contributed by atoms with Gasteiger partial charge < -0.3 is 5.11 Å². The van der Waals surface area contributed by atoms with E-state index in [9.17, 15) is 5.11 Å². The van der Waals surface area contributed by atoms with Gasteiger partial charge in [-0.3, -0.25) is 4.68 Å². The molecule has 102 valence electrons. The zero-order chi connectivity index (χ0) is 13.8. The summed E-state index contributed by atoms with van der Waals surface area (Å²) in [6, 6.07) is 5.86. The minimum absolute atomic E-state index is 0.483. The van der Waals surface area contributed by atoms with Gasteiger partial charge in [0.05, 0.1) is 6.10 Å². The molecule has 0 saturated heterocycles. The number of aromatic nitrogens is 3. The number of aliphatic hydroxyl groups excluding tert-OH is 1. The molecule has 0 saturated carbocycles. The third-order valence-electron chi connectivity index (χ3n) is 3.18. The third-order valence-corrected chi connectivity index (χ3v) is 4.03. The molecule has 1 aromatic heterocycles. The molecule has 1 N–H and O–H groups in total. The molecule has 0 radical (unpaired) electrons. The van der Waals surface area contributed by atoms with E-state index in [1.807, 2.05) is 29.8 Å². The van der Waals surface area contributed by atoms with Crippen LogP contribution >= 0.6 is 15.9 Å². The Morgan fingerprint density at radius 3 is 2.95 bits per heavy atom. The molecule has 1 atom stereocenters. The fraction of sp³-hybridized carbons (Fsp3) is 0.429. The molecule has 2 rings (SSSR count). The molecule has 19 heavy (non-hydrogen) atoms. The molecule has 0 aliphatic carbocycles. The number of benzene rings is 1. The van der Waals surface area contributed by atoms with Crippen LogP contribution in [0.25, 0.3) is 0 Å². The van der Waals surface area contributed by atoms with E-state index in [0.29, 0.717) is 6.42 Å². The van der Waals surface area contributed by atoms with Crippen LogP contribution in [0.4, 0.5) is 0 Å². The highest BCUT2D eigenvalue weighted by molar-refractivity contribution is 9.10. The van der Waals surface area contributed by atoms with Gasteiger partial charge in [-0.25, -0.2) is 4.98 Å². The fourth-order valence-corrected chi connectivity index (χ4v) is 2.49. The summed E-state index contributed by atoms with van der Waals surface area (Å²) in [4.78, 5) is 4.23. The fourth-order valence-electron chi connectivity index (χ4n) is 2.11. The third kappa shape index (κ3) is 3.22. The van der Waals surface area contributed by atoms with Gasteiger partial charge in [0.2, 0.25) is 0 Å². The van der Waals surface area contributed by atoms with E-state index >= 15 is 0 Å². The maximum Gasteiger partial charge on any atom is 0.138 e. The summed E-state index contributed by atoms with van der Waals surface area (Å²) >= 11 is 3.49. The first-order chi connectivity index (χ1) is 9.13. The van der Waals surface area contributed by atoms with Crippen molar-refractivity contribution >= 4 is 15.9 Å². The smallest absolute Gasteiger partial charge is 0.138 e. The number of hydrogen-bond donors (Lipinski definition) is 1. The quantitative estimate of drug-likeness (QED) is 0.920. The van der Waals surface area contributed by atoms with Gasteiger partial charge in [0.1, 0.15) is 12.2 Å². The van der Waals surface area contributed by atoms with Crippen molar-refractivity contribution in [1.29, 1.82) is 0 Å². The number of halogens is 1. The van der Waals surface area contributed by atoms with Crippen LogP contribution in [0, 0.1) is 6.92 Å². The number of hydrogen-bond acceptors (Lipinski definition) is 3. The van der Waals surface area contributed by atoms with E-state index in [0.717, 1.165) is 34.4 Å². The average Bonchev–Trinajstić information content (AvgIpc) is 2.80. The molecule has 5 heteroatoms. The number of aryl methyl sites for hydroxylation is 1. The van der Waals surface area contributed by atoms with E-state index in [4.69, 9.17) is 0 Å². The lowest BCUT2D eigenvalue weighted by Gasteiger charge is -2.14. The first-order valence-electron chi connectivity index (χ1n) is 6.43. The minimum Gasteiger partial charge on any atom is -0.388 e. The summed E-state index contributed by atoms with van der Waals surface area (Å²) in [5, 5.41) is 14.6. The SMILES string of the molecule is CCCn1ncnc1CC(O)c1cccc(Br)c1C. The zero-order valence-corrected chi connectivity index (χ0v) is 12.8. The molecular weight excluding hydrogens is 306 g/mol. The molecule has 0 aliphatic rings. The van der Waals surface area contributed by atoms with Crippen molar-refractivity contribution in [3.05, 3.63) is 46.0 Å². The van der Waals surface area contributed by atoms with E-state index < -0.39 is 6.10 Å². The molecule has 1 unspecified atom stereocenters. The molecule has 2 aromatic rings. The molecule has 4 nitrogen and oxygen atoms in total. The van der Waals surface area contributed by atoms with Crippen molar-refractivity contribution in [3.8, 4) is 0 Å². The Morgan fingerprint density at radius 2 is 2.21 bits per heavy atom. The predicted molar refractivity (Wildman–Crippen MR) is 77.9 cm³/mol. The monoisotopic (exact) mass is 323 g/mol. The summed E-state index contributed by atoms with van der Waals surface area (Å²) < 4.78 is 2.87. The van der Waals surface area contributed by atoms with Crippen molar-refractivity contribution in [2.75, 3.05) is 0 Å². The molecule has 0 spiro atoms. The molecule has 0 amide bonds. The highest BCUT2D eigenvalue weighted by Crippen LogP contribution is 2.26. The summed E-state index contributed by atoms with van der Waals surface area (Å²) in [5.41, 5.74) is 2.00. The number of rotatable bonds is 5. The van der Waals surface area contributed by atoms with Crippen molar-refractivity contribution < 1.29 is 5.11 Å². The van der Waals surface area contributed by atoms with Crippen molar-refractivity contribution in [3.63, 3.8) is 0 Å². The van der Waals surface area contributed by atoms with Gasteiger partial charge in [-0.05, 0) is 30.5 Å². The largest absolute Gasteiger partial charge is 0.388 e. The van der Waals surface area contributed by atoms with Crippen LogP contribution < -0.4 is 0 Å². The Hall–Kier alpha value is -1.20. The summed E-state index contributed by atoms with van der Waals surface area (Å²) in [5.74, 6) is 0.828. The average molecular weight is 324 g/mol. The summed E-state index contributed by atoms with van der Waals surface area (Å²) in [7, 11) is 0. The Balaban J connectivity index is 2.18. The van der Waals surface area contributed by atoms with Crippen molar-refractivity contribution in [1.82, 2.24) is 14.8 Å². The first kappa shape index (κ1) is 14.2. The Morgan fingerprint density at radius 1 is 1.42 bits per heavy atom. The van der Waals surface area contributed by atoms with Crippen LogP contribution in [0.5, 0.6) is 0 Å². The van der Waals surface area contributed by atoms with Gasteiger partial charge in [0, 0.05) is 17.4 Å². The van der Waals surface area contributed by atoms with Gasteiger partial charge >= 0.3 is 0 Å². The van der Waals surface area contributed by atoms with Crippen LogP contribution in [0.1, 0.15) is 36.4 Å². The van der Waals surface area contributed by atoms with Gasteiger partial charge in [-0.2, -0.15) is 5.10 Å². The maximum atomic E-state index is 10.4. The Bertz CT molecular complexity index is 553. The van der Waals surface area contributed by atoms with Gasteiger partial charge in [-0.15, -0.1) is 0 Å². The lowest BCUT2D eigenvalue weighted by molar-refractivity contribution is 0.173. The van der Waals surface area contributed by atoms with Crippen LogP contribution in [-0.4, -0.2) is 19.9 Å². The molecule has 1 aromatic carbocycles. The van der Waals surface area contributed by atoms with Crippen LogP contribution in [-0.2, 0) is 13.0 Å². The second kappa shape index (κ2) is 6.30. The Labute approximate surface area is 121 Å². The number of aliphatic hydroxyl groups is 1. The van der Waals surface area contributed by atoms with E-state index in [2.05, 4.69) is 32.9 Å². The first-order valence-corrected chi connectivity index (χ1v) is 7.22. The highest BCUT2D eigenvalue weighted by atomic mass is 79.9. The second-order valence-corrected chi connectivity index (χ2v) is 5.43. The predicted octanol–water partition coefficient (Wildman–Crippen LogP) is 3.04. The van der Waals surface area contributed by atoms with Gasteiger partial charge in [-0.1, -0.05) is 35.0 Å². The lowest BCUT2D eigenvalue weighted by Crippen LogP contribution is -2.11. The van der Waals surface area contributed by atoms with E-state index in [1.165, 1.54) is 0 Å². The molecular formula is C14H18BrN3O. The maximum absolute atomic E-state index is 10.4. The minimum atomic E-state index is -0.558. The summed E-state index contributed by atoms with van der Waals surface area (Å²) in [6.45, 7) is 4.93. The standard InChI is InChI=1S/C14H18BrN3O/c1-3-7-18-14(16-9-17-18)8-13(19)11-5-4-6-12(15)10(11)2/h4-6,9,13,19H,3,7-8H2,1-2H3. The highest BCUT2D eigenvalue weighted by Gasteiger charge is 2.15. The van der Waals surface area contributed by atoms with Gasteiger partial charge in [0.25, 0.3) is 0 Å². The van der Waals surface area contributed by atoms with Crippen molar-refractivity contribution in [2.45, 2.75) is 39.3 Å². The Kier molecular flexibility index (Phi) is 4.71. The van der Waals surface area contributed by atoms with Crippen LogP contribution in [0.15, 0.2) is 29.0 Å². The van der Waals surface area contributed by atoms with Gasteiger partial charge in [0.15, 0.2) is 0 Å². The molecule has 0 aliphatic heterocycles. The van der Waals surface area contributed by atoms with Crippen LogP contribution in [0.2, 0.25) is 0 Å². The van der Waals surface area contributed by atoms with E-state index in [1.54, 1.807) is 6.33 Å². The lowest BCUT2D eigenvalue weighted by atomic mass is 10.0.